The van der Waals surface area contributed by atoms with Gasteiger partial charge >= 0.3 is 0 Å². The Bertz CT molecular complexity index is 625. The zero-order chi connectivity index (χ0) is 16.3. The molecule has 1 heterocycles. The Morgan fingerprint density at radius 3 is 2.36 bits per heavy atom. The smallest absolute Gasteiger partial charge is 0.244 e. The lowest BCUT2D eigenvalue weighted by atomic mass is 9.88. The maximum absolute atomic E-state index is 12.4. The van der Waals surface area contributed by atoms with Crippen LogP contribution in [-0.2, 0) is 4.79 Å². The normalized spacial score (nSPS) is 14.4. The molecule has 2 aromatic rings. The van der Waals surface area contributed by atoms with Gasteiger partial charge in [0.25, 0.3) is 0 Å². The van der Waals surface area contributed by atoms with Crippen molar-refractivity contribution < 1.29 is 4.79 Å². The number of rotatable bonds is 4. The van der Waals surface area contributed by atoms with Gasteiger partial charge in [-0.2, -0.15) is 5.10 Å². The van der Waals surface area contributed by atoms with Gasteiger partial charge in [-0.25, -0.2) is 0 Å². The van der Waals surface area contributed by atoms with Crippen LogP contribution in [0.15, 0.2) is 42.7 Å². The lowest BCUT2D eigenvalue weighted by Crippen LogP contribution is -2.44. The minimum Gasteiger partial charge on any atom is -0.351 e. The number of nitrogens with zero attached hydrogens (tertiary/aromatic N) is 2. The van der Waals surface area contributed by atoms with E-state index in [4.69, 9.17) is 0 Å². The first-order valence-corrected chi connectivity index (χ1v) is 7.69. The van der Waals surface area contributed by atoms with E-state index in [1.54, 1.807) is 10.9 Å². The second kappa shape index (κ2) is 6.34. The fourth-order valence-electron chi connectivity index (χ4n) is 2.00. The number of hydrogen-bond acceptors (Lipinski definition) is 2. The van der Waals surface area contributed by atoms with Crippen LogP contribution in [0.1, 0.15) is 40.7 Å². The van der Waals surface area contributed by atoms with Crippen LogP contribution in [0, 0.1) is 5.41 Å². The molecule has 4 nitrogen and oxygen atoms in total. The molecule has 0 aliphatic rings. The minimum absolute atomic E-state index is 0.00913. The van der Waals surface area contributed by atoms with Gasteiger partial charge in [0.05, 0.1) is 6.20 Å². The largest absolute Gasteiger partial charge is 0.351 e. The molecule has 1 N–H and O–H groups in total. The summed E-state index contributed by atoms with van der Waals surface area (Å²) in [5.41, 5.74) is 2.16. The second-order valence-electron chi connectivity index (χ2n) is 6.85. The van der Waals surface area contributed by atoms with Gasteiger partial charge in [-0.1, -0.05) is 51.1 Å². The molecule has 2 atom stereocenters. The first kappa shape index (κ1) is 16.3. The van der Waals surface area contributed by atoms with Crippen molar-refractivity contribution in [3.8, 4) is 11.1 Å². The van der Waals surface area contributed by atoms with Crippen LogP contribution in [0.4, 0.5) is 0 Å². The molecule has 0 spiro atoms. The minimum atomic E-state index is -0.331. The molecule has 0 saturated heterocycles. The number of amides is 1. The summed E-state index contributed by atoms with van der Waals surface area (Å²) in [4.78, 5) is 12.4. The van der Waals surface area contributed by atoms with Crippen LogP contribution in [0.2, 0.25) is 0 Å². The Hall–Kier alpha value is -2.10. The Morgan fingerprint density at radius 1 is 1.14 bits per heavy atom. The molecule has 0 bridgehead atoms. The third-order valence-corrected chi connectivity index (χ3v) is 4.14. The van der Waals surface area contributed by atoms with Crippen LogP contribution < -0.4 is 5.32 Å². The fraction of sp³-hybridized carbons (Fsp3) is 0.444. The molecule has 4 heteroatoms. The summed E-state index contributed by atoms with van der Waals surface area (Å²) in [7, 11) is 0. The van der Waals surface area contributed by atoms with Crippen molar-refractivity contribution in [1.82, 2.24) is 15.1 Å². The van der Waals surface area contributed by atoms with Crippen molar-refractivity contribution in [1.29, 1.82) is 0 Å². The number of aromatic nitrogens is 2. The zero-order valence-corrected chi connectivity index (χ0v) is 14.0. The van der Waals surface area contributed by atoms with Crippen molar-refractivity contribution in [2.45, 2.75) is 46.7 Å². The van der Waals surface area contributed by atoms with Gasteiger partial charge in [0.15, 0.2) is 0 Å². The van der Waals surface area contributed by atoms with E-state index in [2.05, 4.69) is 31.2 Å². The van der Waals surface area contributed by atoms with Gasteiger partial charge < -0.3 is 5.32 Å². The molecule has 0 radical (unpaired) electrons. The van der Waals surface area contributed by atoms with Crippen molar-refractivity contribution in [3.05, 3.63) is 42.7 Å². The fourth-order valence-corrected chi connectivity index (χ4v) is 2.00. The highest BCUT2D eigenvalue weighted by atomic mass is 16.2. The van der Waals surface area contributed by atoms with E-state index in [9.17, 15) is 4.79 Å². The van der Waals surface area contributed by atoms with E-state index in [0.29, 0.717) is 0 Å². The lowest BCUT2D eigenvalue weighted by Gasteiger charge is -2.29. The van der Waals surface area contributed by atoms with Crippen molar-refractivity contribution in [3.63, 3.8) is 0 Å². The zero-order valence-electron chi connectivity index (χ0n) is 14.0. The van der Waals surface area contributed by atoms with E-state index < -0.39 is 0 Å². The predicted octanol–water partition coefficient (Wildman–Crippen LogP) is 3.66. The molecular weight excluding hydrogens is 274 g/mol. The molecule has 0 saturated carbocycles. The molecule has 1 aromatic carbocycles. The quantitative estimate of drug-likeness (QED) is 0.936. The van der Waals surface area contributed by atoms with E-state index >= 15 is 0 Å². The standard InChI is InChI=1S/C18H25N3O/c1-13(17(22)20-14(2)18(3,4)5)21-12-16(11-19-21)15-9-7-6-8-10-15/h6-14H,1-5H3,(H,20,22)/t13-,14-/m0/s1. The third-order valence-electron chi connectivity index (χ3n) is 4.14. The summed E-state index contributed by atoms with van der Waals surface area (Å²) in [6.45, 7) is 10.2. The summed E-state index contributed by atoms with van der Waals surface area (Å²) in [5.74, 6) is -0.00913. The van der Waals surface area contributed by atoms with E-state index in [-0.39, 0.29) is 23.4 Å². The average molecular weight is 299 g/mol. The molecule has 1 aromatic heterocycles. The van der Waals surface area contributed by atoms with E-state index in [1.807, 2.05) is 50.4 Å². The first-order valence-electron chi connectivity index (χ1n) is 7.69. The van der Waals surface area contributed by atoms with Gasteiger partial charge in [-0.15, -0.1) is 0 Å². The van der Waals surface area contributed by atoms with Crippen LogP contribution in [0.25, 0.3) is 11.1 Å². The lowest BCUT2D eigenvalue weighted by molar-refractivity contribution is -0.125. The summed E-state index contributed by atoms with van der Waals surface area (Å²) >= 11 is 0. The first-order chi connectivity index (χ1) is 10.3. The molecule has 118 valence electrons. The van der Waals surface area contributed by atoms with Crippen molar-refractivity contribution >= 4 is 5.91 Å². The molecule has 2 rings (SSSR count). The van der Waals surface area contributed by atoms with Gasteiger partial charge in [0.2, 0.25) is 5.91 Å². The summed E-state index contributed by atoms with van der Waals surface area (Å²) < 4.78 is 1.72. The number of hydrogen-bond donors (Lipinski definition) is 1. The molecular formula is C18H25N3O. The highest BCUT2D eigenvalue weighted by molar-refractivity contribution is 5.80. The van der Waals surface area contributed by atoms with E-state index in [1.165, 1.54) is 0 Å². The maximum Gasteiger partial charge on any atom is 0.244 e. The highest BCUT2D eigenvalue weighted by Gasteiger charge is 2.24. The van der Waals surface area contributed by atoms with Crippen LogP contribution >= 0.6 is 0 Å². The molecule has 0 aliphatic carbocycles. The molecule has 0 aliphatic heterocycles. The average Bonchev–Trinajstić information content (AvgIpc) is 2.96. The van der Waals surface area contributed by atoms with E-state index in [0.717, 1.165) is 11.1 Å². The van der Waals surface area contributed by atoms with Gasteiger partial charge in [0, 0.05) is 17.8 Å². The van der Waals surface area contributed by atoms with Gasteiger partial charge in [-0.3, -0.25) is 9.48 Å². The SMILES string of the molecule is C[C@H](NC(=O)[C@H](C)n1cc(-c2ccccc2)cn1)C(C)(C)C. The Kier molecular flexibility index (Phi) is 4.69. The summed E-state index contributed by atoms with van der Waals surface area (Å²) in [6, 6.07) is 9.81. The van der Waals surface area contributed by atoms with Gasteiger partial charge in [0.1, 0.15) is 6.04 Å². The summed E-state index contributed by atoms with van der Waals surface area (Å²) in [5, 5.41) is 7.41. The number of benzene rings is 1. The topological polar surface area (TPSA) is 46.9 Å². The van der Waals surface area contributed by atoms with Gasteiger partial charge in [-0.05, 0) is 24.8 Å². The number of carbonyl (C=O) groups excluding carboxylic acids is 1. The molecule has 22 heavy (non-hydrogen) atoms. The Labute approximate surface area is 132 Å². The van der Waals surface area contributed by atoms with Crippen LogP contribution in [0.5, 0.6) is 0 Å². The predicted molar refractivity (Wildman–Crippen MR) is 89.4 cm³/mol. The Balaban J connectivity index is 2.09. The third kappa shape index (κ3) is 3.75. The monoisotopic (exact) mass is 299 g/mol. The van der Waals surface area contributed by atoms with Crippen molar-refractivity contribution in [2.24, 2.45) is 5.41 Å². The van der Waals surface area contributed by atoms with Crippen LogP contribution in [-0.4, -0.2) is 21.7 Å². The summed E-state index contributed by atoms with van der Waals surface area (Å²) in [6.07, 6.45) is 3.72. The number of carbonyl (C=O) groups is 1. The number of nitrogens with one attached hydrogen (secondary N) is 1. The maximum atomic E-state index is 12.4. The molecule has 1 amide bonds. The van der Waals surface area contributed by atoms with Crippen molar-refractivity contribution in [2.75, 3.05) is 0 Å². The molecule has 0 unspecified atom stereocenters. The highest BCUT2D eigenvalue weighted by Crippen LogP contribution is 2.21. The second-order valence-corrected chi connectivity index (χ2v) is 6.85. The Morgan fingerprint density at radius 2 is 1.77 bits per heavy atom. The van der Waals surface area contributed by atoms with Crippen LogP contribution in [0.3, 0.4) is 0 Å². The molecule has 0 fully saturated rings.